The standard InChI is InChI=1S/C21H32N4O2S/c1-4-24-12-9-21(18(24)26)16-25(19(27)22(2)3)15-20(21)7-10-23(11-8-20)14-17-6-5-13-28-17/h5-6,13H,4,7-12,14-16H2,1-3H3/t21-/m1/s1. The number of carbonyl (C=O) groups excluding carboxylic acids is 2. The molecule has 3 amide bonds. The van der Waals surface area contributed by atoms with Crippen molar-refractivity contribution in [3.63, 3.8) is 0 Å². The molecular formula is C21H32N4O2S. The first-order valence-corrected chi connectivity index (χ1v) is 11.3. The molecule has 0 aromatic carbocycles. The largest absolute Gasteiger partial charge is 0.342 e. The van der Waals surface area contributed by atoms with Gasteiger partial charge in [-0.2, -0.15) is 0 Å². The van der Waals surface area contributed by atoms with Crippen molar-refractivity contribution >= 4 is 23.3 Å². The number of hydrogen-bond acceptors (Lipinski definition) is 4. The molecule has 28 heavy (non-hydrogen) atoms. The number of hydrogen-bond donors (Lipinski definition) is 0. The van der Waals surface area contributed by atoms with Crippen LogP contribution in [-0.2, 0) is 11.3 Å². The van der Waals surface area contributed by atoms with Gasteiger partial charge in [0.1, 0.15) is 0 Å². The molecule has 3 aliphatic heterocycles. The number of likely N-dealkylation sites (tertiary alicyclic amines) is 3. The van der Waals surface area contributed by atoms with E-state index < -0.39 is 0 Å². The molecule has 0 unspecified atom stereocenters. The van der Waals surface area contributed by atoms with Gasteiger partial charge < -0.3 is 14.7 Å². The maximum atomic E-state index is 13.5. The highest BCUT2D eigenvalue weighted by Gasteiger charge is 2.65. The second-order valence-corrected chi connectivity index (χ2v) is 9.92. The molecule has 3 fully saturated rings. The Hall–Kier alpha value is -1.60. The molecular weight excluding hydrogens is 372 g/mol. The number of rotatable bonds is 3. The first-order chi connectivity index (χ1) is 13.4. The molecule has 0 radical (unpaired) electrons. The number of piperidine rings is 1. The van der Waals surface area contributed by atoms with E-state index in [1.807, 2.05) is 21.1 Å². The SMILES string of the molecule is CCN1CC[C@@]2(CN(C(=O)N(C)C)CC23CCN(Cc2cccs2)CC3)C1=O. The molecule has 0 N–H and O–H groups in total. The van der Waals surface area contributed by atoms with Crippen LogP contribution in [0.2, 0.25) is 0 Å². The van der Waals surface area contributed by atoms with E-state index in [0.29, 0.717) is 6.54 Å². The first-order valence-electron chi connectivity index (χ1n) is 10.4. The summed E-state index contributed by atoms with van der Waals surface area (Å²) in [6.45, 7) is 7.97. The van der Waals surface area contributed by atoms with Crippen LogP contribution in [0, 0.1) is 10.8 Å². The van der Waals surface area contributed by atoms with Crippen LogP contribution >= 0.6 is 11.3 Å². The van der Waals surface area contributed by atoms with Crippen molar-refractivity contribution in [3.05, 3.63) is 22.4 Å². The molecule has 6 nitrogen and oxygen atoms in total. The average Bonchev–Trinajstić information content (AvgIpc) is 3.38. The van der Waals surface area contributed by atoms with Crippen LogP contribution in [0.3, 0.4) is 0 Å². The maximum Gasteiger partial charge on any atom is 0.319 e. The van der Waals surface area contributed by atoms with Crippen LogP contribution in [0.1, 0.15) is 31.1 Å². The molecule has 1 atom stereocenters. The highest BCUT2D eigenvalue weighted by molar-refractivity contribution is 7.09. The van der Waals surface area contributed by atoms with Gasteiger partial charge >= 0.3 is 6.03 Å². The summed E-state index contributed by atoms with van der Waals surface area (Å²) in [6.07, 6.45) is 2.89. The molecule has 7 heteroatoms. The van der Waals surface area contributed by atoms with E-state index in [2.05, 4.69) is 29.3 Å². The summed E-state index contributed by atoms with van der Waals surface area (Å²) >= 11 is 1.81. The number of carbonyl (C=O) groups is 2. The van der Waals surface area contributed by atoms with Crippen LogP contribution in [0.5, 0.6) is 0 Å². The van der Waals surface area contributed by atoms with Crippen molar-refractivity contribution in [1.82, 2.24) is 19.6 Å². The Labute approximate surface area is 172 Å². The van der Waals surface area contributed by atoms with Crippen LogP contribution in [0.25, 0.3) is 0 Å². The lowest BCUT2D eigenvalue weighted by molar-refractivity contribution is -0.142. The predicted molar refractivity (Wildman–Crippen MR) is 111 cm³/mol. The van der Waals surface area contributed by atoms with Gasteiger partial charge in [-0.15, -0.1) is 11.3 Å². The topological polar surface area (TPSA) is 47.1 Å². The van der Waals surface area contributed by atoms with Crippen molar-refractivity contribution in [2.45, 2.75) is 32.7 Å². The molecule has 1 aromatic heterocycles. The van der Waals surface area contributed by atoms with Gasteiger partial charge in [-0.1, -0.05) is 6.07 Å². The van der Waals surface area contributed by atoms with Gasteiger partial charge in [0.05, 0.1) is 5.41 Å². The third-order valence-corrected chi connectivity index (χ3v) is 8.14. The number of thiophene rings is 1. The van der Waals surface area contributed by atoms with E-state index in [-0.39, 0.29) is 22.8 Å². The van der Waals surface area contributed by atoms with E-state index in [1.54, 1.807) is 19.0 Å². The fourth-order valence-electron chi connectivity index (χ4n) is 5.66. The summed E-state index contributed by atoms with van der Waals surface area (Å²) in [5, 5.41) is 2.13. The van der Waals surface area contributed by atoms with Gasteiger partial charge in [0.2, 0.25) is 5.91 Å². The zero-order valence-corrected chi connectivity index (χ0v) is 18.1. The van der Waals surface area contributed by atoms with Crippen molar-refractivity contribution in [3.8, 4) is 0 Å². The summed E-state index contributed by atoms with van der Waals surface area (Å²) in [6, 6.07) is 4.35. The minimum Gasteiger partial charge on any atom is -0.342 e. The van der Waals surface area contributed by atoms with E-state index in [4.69, 9.17) is 0 Å². The highest BCUT2D eigenvalue weighted by Crippen LogP contribution is 2.58. The minimum absolute atomic E-state index is 0.0417. The van der Waals surface area contributed by atoms with Gasteiger partial charge in [0.25, 0.3) is 0 Å². The molecule has 3 aliphatic rings. The Morgan fingerprint density at radius 2 is 1.93 bits per heavy atom. The molecule has 0 saturated carbocycles. The number of fused-ring (bicyclic) bond motifs is 1. The number of nitrogens with zero attached hydrogens (tertiary/aromatic N) is 4. The van der Waals surface area contributed by atoms with Gasteiger partial charge in [-0.05, 0) is 50.7 Å². The van der Waals surface area contributed by atoms with Crippen molar-refractivity contribution in [2.24, 2.45) is 10.8 Å². The van der Waals surface area contributed by atoms with Gasteiger partial charge in [0.15, 0.2) is 0 Å². The Morgan fingerprint density at radius 1 is 1.18 bits per heavy atom. The van der Waals surface area contributed by atoms with E-state index >= 15 is 0 Å². The lowest BCUT2D eigenvalue weighted by atomic mass is 9.60. The highest BCUT2D eigenvalue weighted by atomic mass is 32.1. The van der Waals surface area contributed by atoms with Crippen molar-refractivity contribution in [1.29, 1.82) is 0 Å². The third kappa shape index (κ3) is 3.03. The van der Waals surface area contributed by atoms with Gasteiger partial charge in [0, 0.05) is 57.1 Å². The van der Waals surface area contributed by atoms with Gasteiger partial charge in [-0.3, -0.25) is 9.69 Å². The monoisotopic (exact) mass is 404 g/mol. The second-order valence-electron chi connectivity index (χ2n) is 8.89. The minimum atomic E-state index is -0.385. The summed E-state index contributed by atoms with van der Waals surface area (Å²) in [7, 11) is 3.61. The smallest absolute Gasteiger partial charge is 0.319 e. The van der Waals surface area contributed by atoms with E-state index in [1.165, 1.54) is 4.88 Å². The fourth-order valence-corrected chi connectivity index (χ4v) is 6.41. The lowest BCUT2D eigenvalue weighted by Crippen LogP contribution is -2.52. The second kappa shape index (κ2) is 7.34. The molecule has 3 saturated heterocycles. The Bertz CT molecular complexity index is 727. The number of amides is 3. The summed E-state index contributed by atoms with van der Waals surface area (Å²) < 4.78 is 0. The molecule has 1 aromatic rings. The maximum absolute atomic E-state index is 13.5. The average molecular weight is 405 g/mol. The molecule has 154 valence electrons. The first kappa shape index (κ1) is 19.7. The van der Waals surface area contributed by atoms with Crippen LogP contribution in [0.15, 0.2) is 17.5 Å². The molecule has 2 spiro atoms. The summed E-state index contributed by atoms with van der Waals surface area (Å²) in [5.74, 6) is 0.288. The zero-order chi connectivity index (χ0) is 19.9. The quantitative estimate of drug-likeness (QED) is 0.778. The lowest BCUT2D eigenvalue weighted by Gasteiger charge is -2.46. The van der Waals surface area contributed by atoms with Crippen LogP contribution < -0.4 is 0 Å². The zero-order valence-electron chi connectivity index (χ0n) is 17.3. The van der Waals surface area contributed by atoms with Gasteiger partial charge in [-0.25, -0.2) is 4.79 Å². The Morgan fingerprint density at radius 3 is 2.50 bits per heavy atom. The molecule has 4 rings (SSSR count). The van der Waals surface area contributed by atoms with Crippen molar-refractivity contribution < 1.29 is 9.59 Å². The fraction of sp³-hybridized carbons (Fsp3) is 0.714. The van der Waals surface area contributed by atoms with E-state index in [0.717, 1.165) is 58.5 Å². The van der Waals surface area contributed by atoms with Crippen LogP contribution in [-0.4, -0.2) is 84.9 Å². The Balaban J connectivity index is 1.56. The Kier molecular flexibility index (Phi) is 5.16. The summed E-state index contributed by atoms with van der Waals surface area (Å²) in [5.41, 5.74) is -0.463. The van der Waals surface area contributed by atoms with Crippen molar-refractivity contribution in [2.75, 3.05) is 53.4 Å². The van der Waals surface area contributed by atoms with Crippen LogP contribution in [0.4, 0.5) is 4.79 Å². The molecule has 0 aliphatic carbocycles. The van der Waals surface area contributed by atoms with E-state index in [9.17, 15) is 9.59 Å². The molecule has 4 heterocycles. The normalized spacial score (nSPS) is 27.3. The molecule has 0 bridgehead atoms. The predicted octanol–water partition coefficient (Wildman–Crippen LogP) is 2.57. The third-order valence-electron chi connectivity index (χ3n) is 7.28. The number of urea groups is 1. The summed E-state index contributed by atoms with van der Waals surface area (Å²) in [4.78, 5) is 35.7.